The van der Waals surface area contributed by atoms with Gasteiger partial charge in [0.2, 0.25) is 21.8 Å². The van der Waals surface area contributed by atoms with Crippen LogP contribution in [0.2, 0.25) is 0 Å². The summed E-state index contributed by atoms with van der Waals surface area (Å²) in [6, 6.07) is 22.1. The summed E-state index contributed by atoms with van der Waals surface area (Å²) in [4.78, 5) is 31.0. The smallest absolute Gasteiger partial charge is 0.221 e. The number of piperazine rings is 1. The van der Waals surface area contributed by atoms with E-state index in [0.29, 0.717) is 31.9 Å². The van der Waals surface area contributed by atoms with Crippen molar-refractivity contribution in [2.24, 2.45) is 5.73 Å². The maximum absolute atomic E-state index is 13.2. The number of aromatic nitrogens is 1. The van der Waals surface area contributed by atoms with Gasteiger partial charge in [0.05, 0.1) is 18.8 Å². The molecule has 0 radical (unpaired) electrons. The predicted molar refractivity (Wildman–Crippen MR) is 185 cm³/mol. The quantitative estimate of drug-likeness (QED) is 0.229. The number of hydrogen-bond acceptors (Lipinski definition) is 6. The van der Waals surface area contributed by atoms with Crippen molar-refractivity contribution in [3.8, 4) is 16.9 Å². The zero-order valence-corrected chi connectivity index (χ0v) is 27.7. The van der Waals surface area contributed by atoms with Crippen LogP contribution in [0.1, 0.15) is 43.2 Å². The van der Waals surface area contributed by atoms with Crippen LogP contribution in [0, 0.1) is 0 Å². The number of nitrogens with two attached hydrogens (primary N) is 1. The highest BCUT2D eigenvalue weighted by atomic mass is 32.2. The number of piperidine rings is 1. The molecule has 0 unspecified atom stereocenters. The minimum absolute atomic E-state index is 0.0418. The van der Waals surface area contributed by atoms with Crippen LogP contribution in [-0.2, 0) is 26.0 Å². The molecule has 0 atom stereocenters. The Hall–Kier alpha value is -4.35. The van der Waals surface area contributed by atoms with Crippen molar-refractivity contribution >= 4 is 38.4 Å². The number of anilines is 1. The lowest BCUT2D eigenvalue weighted by Crippen LogP contribution is -2.48. The topological polar surface area (TPSA) is 129 Å². The number of rotatable bonds is 11. The number of hydrogen-bond donors (Lipinski definition) is 2. The van der Waals surface area contributed by atoms with Crippen molar-refractivity contribution in [2.75, 3.05) is 56.5 Å². The molecule has 248 valence electrons. The number of nitrogens with one attached hydrogen (secondary N) is 1. The summed E-state index contributed by atoms with van der Waals surface area (Å²) >= 11 is 0. The minimum atomic E-state index is -3.41. The van der Waals surface area contributed by atoms with Crippen molar-refractivity contribution in [1.29, 1.82) is 0 Å². The molecule has 0 saturated carbocycles. The van der Waals surface area contributed by atoms with E-state index in [1.165, 1.54) is 0 Å². The van der Waals surface area contributed by atoms with Gasteiger partial charge in [0.25, 0.3) is 0 Å². The van der Waals surface area contributed by atoms with Crippen molar-refractivity contribution in [2.45, 2.75) is 38.5 Å². The molecule has 0 spiro atoms. The van der Waals surface area contributed by atoms with E-state index in [0.717, 1.165) is 77.9 Å². The number of benzene rings is 3. The number of amides is 2. The number of ether oxygens (including phenoxy) is 1. The maximum atomic E-state index is 13.2. The lowest BCUT2D eigenvalue weighted by Gasteiger charge is -2.35. The molecule has 10 nitrogen and oxygen atoms in total. The van der Waals surface area contributed by atoms with Gasteiger partial charge in [0.15, 0.2) is 0 Å². The fourth-order valence-corrected chi connectivity index (χ4v) is 8.34. The average Bonchev–Trinajstić information content (AvgIpc) is 3.52. The first-order valence-electron chi connectivity index (χ1n) is 16.4. The fourth-order valence-electron chi connectivity index (χ4n) is 6.83. The van der Waals surface area contributed by atoms with Gasteiger partial charge >= 0.3 is 0 Å². The molecular formula is C36H43N5O5S. The van der Waals surface area contributed by atoms with Gasteiger partial charge < -0.3 is 25.3 Å². The number of carbonyl (C=O) groups excluding carboxylic acids is 2. The minimum Gasteiger partial charge on any atom is -0.494 e. The molecule has 0 aliphatic carbocycles. The summed E-state index contributed by atoms with van der Waals surface area (Å²) in [5.74, 6) is 0.683. The summed E-state index contributed by atoms with van der Waals surface area (Å²) in [5.41, 5.74) is 11.7. The van der Waals surface area contributed by atoms with E-state index in [1.54, 1.807) is 11.2 Å². The number of H-pyrrole nitrogens is 1. The Labute approximate surface area is 276 Å². The van der Waals surface area contributed by atoms with Crippen molar-refractivity contribution in [3.05, 3.63) is 84.1 Å². The SMILES string of the molecule is CC(=O)N1CCN(c2ccc(OCCCS(=O)(=O)N3CCC(c4c[nH]c5c(CC(N)=O)cc(-c6ccccc6)cc45)CC3)cc2)CC1. The van der Waals surface area contributed by atoms with Crippen LogP contribution in [0.25, 0.3) is 22.0 Å². The molecule has 2 saturated heterocycles. The third-order valence-corrected chi connectivity index (χ3v) is 11.4. The molecule has 6 rings (SSSR count). The first-order valence-corrected chi connectivity index (χ1v) is 18.0. The Kier molecular flexibility index (Phi) is 9.84. The standard InChI is InChI=1S/C36H43N5O5S/c1-26(42)39-16-18-40(19-17-39)31-8-10-32(11-9-31)46-20-5-21-47(44,45)41-14-12-28(13-15-41)34-25-38-36-30(24-35(37)43)22-29(23-33(34)36)27-6-3-2-4-7-27/h2-4,6-11,22-23,25,28,38H,5,12-21,24H2,1H3,(H2,37,43). The number of sulfonamides is 1. The summed E-state index contributed by atoms with van der Waals surface area (Å²) in [7, 11) is -3.41. The second kappa shape index (κ2) is 14.2. The Morgan fingerprint density at radius 3 is 2.28 bits per heavy atom. The molecule has 3 aromatic carbocycles. The average molecular weight is 658 g/mol. The second-order valence-electron chi connectivity index (χ2n) is 12.5. The third kappa shape index (κ3) is 7.63. The highest BCUT2D eigenvalue weighted by Crippen LogP contribution is 2.37. The van der Waals surface area contributed by atoms with E-state index in [2.05, 4.69) is 16.0 Å². The van der Waals surface area contributed by atoms with Crippen molar-refractivity contribution in [3.63, 3.8) is 0 Å². The Balaban J connectivity index is 1.02. The number of primary amides is 1. The highest BCUT2D eigenvalue weighted by Gasteiger charge is 2.30. The van der Waals surface area contributed by atoms with E-state index in [9.17, 15) is 18.0 Å². The molecule has 3 heterocycles. The first-order chi connectivity index (χ1) is 22.7. The fraction of sp³-hybridized carbons (Fsp3) is 0.389. The molecule has 11 heteroatoms. The molecule has 2 amide bonds. The largest absolute Gasteiger partial charge is 0.494 e. The molecular weight excluding hydrogens is 614 g/mol. The summed E-state index contributed by atoms with van der Waals surface area (Å²) in [6.45, 7) is 5.89. The Bertz CT molecular complexity index is 1810. The molecule has 2 aliphatic heterocycles. The van der Waals surface area contributed by atoms with E-state index in [4.69, 9.17) is 10.5 Å². The van der Waals surface area contributed by atoms with Crippen LogP contribution < -0.4 is 15.4 Å². The molecule has 2 fully saturated rings. The van der Waals surface area contributed by atoms with Gasteiger partial charge in [-0.3, -0.25) is 9.59 Å². The highest BCUT2D eigenvalue weighted by molar-refractivity contribution is 7.89. The van der Waals surface area contributed by atoms with Crippen LogP contribution in [0.15, 0.2) is 72.9 Å². The summed E-state index contributed by atoms with van der Waals surface area (Å²) in [6.07, 6.45) is 4.00. The molecule has 4 aromatic rings. The van der Waals surface area contributed by atoms with Crippen LogP contribution in [0.5, 0.6) is 5.75 Å². The maximum Gasteiger partial charge on any atom is 0.221 e. The lowest BCUT2D eigenvalue weighted by molar-refractivity contribution is -0.129. The zero-order valence-electron chi connectivity index (χ0n) is 26.9. The monoisotopic (exact) mass is 657 g/mol. The van der Waals surface area contributed by atoms with Crippen LogP contribution in [-0.4, -0.2) is 86.0 Å². The van der Waals surface area contributed by atoms with Gasteiger partial charge in [0, 0.05) is 69.0 Å². The molecule has 47 heavy (non-hydrogen) atoms. The lowest BCUT2D eigenvalue weighted by atomic mass is 9.88. The summed E-state index contributed by atoms with van der Waals surface area (Å²) in [5, 5.41) is 1.06. The second-order valence-corrected chi connectivity index (χ2v) is 14.6. The normalized spacial score (nSPS) is 16.4. The Morgan fingerprint density at radius 1 is 0.915 bits per heavy atom. The predicted octanol–water partition coefficient (Wildman–Crippen LogP) is 4.51. The van der Waals surface area contributed by atoms with E-state index in [-0.39, 0.29) is 29.9 Å². The van der Waals surface area contributed by atoms with Crippen LogP contribution in [0.3, 0.4) is 0 Å². The van der Waals surface area contributed by atoms with E-state index in [1.807, 2.05) is 71.8 Å². The molecule has 2 aliphatic rings. The first kappa shape index (κ1) is 32.6. The van der Waals surface area contributed by atoms with Gasteiger partial charge in [0.1, 0.15) is 5.75 Å². The number of nitrogens with zero attached hydrogens (tertiary/aromatic N) is 3. The summed E-state index contributed by atoms with van der Waals surface area (Å²) < 4.78 is 33.9. The number of fused-ring (bicyclic) bond motifs is 1. The van der Waals surface area contributed by atoms with Crippen LogP contribution >= 0.6 is 0 Å². The van der Waals surface area contributed by atoms with Gasteiger partial charge in [-0.15, -0.1) is 0 Å². The van der Waals surface area contributed by atoms with Crippen LogP contribution in [0.4, 0.5) is 5.69 Å². The van der Waals surface area contributed by atoms with Gasteiger partial charge in [-0.25, -0.2) is 12.7 Å². The number of aromatic amines is 1. The molecule has 3 N–H and O–H groups in total. The van der Waals surface area contributed by atoms with Crippen molar-refractivity contribution in [1.82, 2.24) is 14.2 Å². The van der Waals surface area contributed by atoms with Crippen molar-refractivity contribution < 1.29 is 22.7 Å². The number of carbonyl (C=O) groups is 2. The molecule has 1 aromatic heterocycles. The van der Waals surface area contributed by atoms with Gasteiger partial charge in [-0.1, -0.05) is 30.3 Å². The van der Waals surface area contributed by atoms with E-state index >= 15 is 0 Å². The zero-order chi connectivity index (χ0) is 33.0. The van der Waals surface area contributed by atoms with E-state index < -0.39 is 10.0 Å². The molecule has 0 bridgehead atoms. The van der Waals surface area contributed by atoms with Gasteiger partial charge in [-0.05, 0) is 83.8 Å². The Morgan fingerprint density at radius 2 is 1.62 bits per heavy atom. The third-order valence-electron chi connectivity index (χ3n) is 9.40. The van der Waals surface area contributed by atoms with Gasteiger partial charge in [-0.2, -0.15) is 0 Å².